The fourth-order valence-electron chi connectivity index (χ4n) is 2.24. The van der Waals surface area contributed by atoms with Crippen LogP contribution < -0.4 is 5.32 Å². The summed E-state index contributed by atoms with van der Waals surface area (Å²) in [6.07, 6.45) is 2.20. The zero-order valence-corrected chi connectivity index (χ0v) is 10.8. The highest BCUT2D eigenvalue weighted by molar-refractivity contribution is 5.93. The lowest BCUT2D eigenvalue weighted by Gasteiger charge is -2.29. The number of likely N-dealkylation sites (tertiary alicyclic amines) is 1. The van der Waals surface area contributed by atoms with E-state index in [2.05, 4.69) is 15.3 Å². The molecule has 1 aromatic rings. The van der Waals surface area contributed by atoms with Gasteiger partial charge in [0.2, 0.25) is 0 Å². The number of aromatic nitrogens is 2. The zero-order chi connectivity index (χ0) is 13.8. The maximum Gasteiger partial charge on any atom is 0.407 e. The largest absolute Gasteiger partial charge is 0.465 e. The molecule has 1 aliphatic rings. The number of H-pyrrole nitrogens is 1. The molecule has 0 atom stereocenters. The summed E-state index contributed by atoms with van der Waals surface area (Å²) in [6, 6.07) is 0. The number of nitrogens with zero attached hydrogens (tertiary/aromatic N) is 2. The summed E-state index contributed by atoms with van der Waals surface area (Å²) in [4.78, 5) is 30.8. The molecule has 7 nitrogen and oxygen atoms in total. The van der Waals surface area contributed by atoms with Crippen LogP contribution in [-0.2, 0) is 0 Å². The Morgan fingerprint density at radius 2 is 2.21 bits per heavy atom. The number of nitrogens with one attached hydrogen (secondary N) is 2. The van der Waals surface area contributed by atoms with Gasteiger partial charge < -0.3 is 20.3 Å². The highest BCUT2D eigenvalue weighted by Crippen LogP contribution is 2.16. The van der Waals surface area contributed by atoms with Crippen molar-refractivity contribution in [2.24, 2.45) is 5.92 Å². The lowest BCUT2D eigenvalue weighted by molar-refractivity contribution is 0.0924. The van der Waals surface area contributed by atoms with E-state index in [0.29, 0.717) is 31.2 Å². The Morgan fingerprint density at radius 3 is 2.74 bits per heavy atom. The third-order valence-electron chi connectivity index (χ3n) is 3.48. The molecule has 1 saturated heterocycles. The summed E-state index contributed by atoms with van der Waals surface area (Å²) in [6.45, 7) is 3.44. The molecule has 3 N–H and O–H groups in total. The Hall–Kier alpha value is -2.05. The molecular weight excluding hydrogens is 248 g/mol. The third-order valence-corrected chi connectivity index (χ3v) is 3.48. The van der Waals surface area contributed by atoms with Gasteiger partial charge >= 0.3 is 6.09 Å². The average Bonchev–Trinajstić information content (AvgIpc) is 2.83. The standard InChI is InChI=1S/C12H18N4O3/c1-8-10(15-7-14-8)11(17)13-6-9-2-4-16(5-3-9)12(18)19/h7,9H,2-6H2,1H3,(H,13,17)(H,14,15)(H,18,19). The number of rotatable bonds is 3. The van der Waals surface area contributed by atoms with Gasteiger partial charge in [0.1, 0.15) is 5.69 Å². The van der Waals surface area contributed by atoms with Crippen molar-refractivity contribution in [2.45, 2.75) is 19.8 Å². The monoisotopic (exact) mass is 266 g/mol. The molecule has 0 spiro atoms. The zero-order valence-electron chi connectivity index (χ0n) is 10.8. The van der Waals surface area contributed by atoms with Gasteiger partial charge in [0.25, 0.3) is 5.91 Å². The summed E-state index contributed by atoms with van der Waals surface area (Å²) in [5.41, 5.74) is 1.17. The first-order chi connectivity index (χ1) is 9.08. The second-order valence-electron chi connectivity index (χ2n) is 4.80. The molecule has 0 aromatic carbocycles. The van der Waals surface area contributed by atoms with Crippen molar-refractivity contribution in [1.82, 2.24) is 20.2 Å². The fourth-order valence-corrected chi connectivity index (χ4v) is 2.24. The van der Waals surface area contributed by atoms with Crippen LogP contribution in [-0.4, -0.2) is 51.6 Å². The van der Waals surface area contributed by atoms with Crippen LogP contribution >= 0.6 is 0 Å². The van der Waals surface area contributed by atoms with Crippen molar-refractivity contribution >= 4 is 12.0 Å². The number of hydrogen-bond acceptors (Lipinski definition) is 3. The van der Waals surface area contributed by atoms with Crippen LogP contribution in [0.4, 0.5) is 4.79 Å². The van der Waals surface area contributed by atoms with Gasteiger partial charge in [-0.2, -0.15) is 0 Å². The number of piperidine rings is 1. The Balaban J connectivity index is 1.77. The number of imidazole rings is 1. The molecule has 104 valence electrons. The van der Waals surface area contributed by atoms with Gasteiger partial charge in [0.05, 0.1) is 6.33 Å². The smallest absolute Gasteiger partial charge is 0.407 e. The van der Waals surface area contributed by atoms with Crippen molar-refractivity contribution in [3.8, 4) is 0 Å². The summed E-state index contributed by atoms with van der Waals surface area (Å²) in [5, 5.41) is 11.7. The molecule has 7 heteroatoms. The van der Waals surface area contributed by atoms with Gasteiger partial charge in [-0.05, 0) is 25.7 Å². The molecule has 0 radical (unpaired) electrons. The van der Waals surface area contributed by atoms with E-state index in [9.17, 15) is 9.59 Å². The van der Waals surface area contributed by atoms with Crippen molar-refractivity contribution < 1.29 is 14.7 Å². The van der Waals surface area contributed by atoms with E-state index >= 15 is 0 Å². The maximum absolute atomic E-state index is 11.8. The van der Waals surface area contributed by atoms with Crippen LogP contribution in [0.5, 0.6) is 0 Å². The molecule has 1 fully saturated rings. The average molecular weight is 266 g/mol. The van der Waals surface area contributed by atoms with Gasteiger partial charge in [0.15, 0.2) is 0 Å². The fraction of sp³-hybridized carbons (Fsp3) is 0.583. The number of aryl methyl sites for hydroxylation is 1. The molecule has 0 bridgehead atoms. The Morgan fingerprint density at radius 1 is 1.53 bits per heavy atom. The van der Waals surface area contributed by atoms with Crippen molar-refractivity contribution in [2.75, 3.05) is 19.6 Å². The van der Waals surface area contributed by atoms with Crippen LogP contribution in [0.1, 0.15) is 29.0 Å². The predicted octanol–water partition coefficient (Wildman–Crippen LogP) is 0.838. The molecule has 2 rings (SSSR count). The lowest BCUT2D eigenvalue weighted by Crippen LogP contribution is -2.41. The SMILES string of the molecule is Cc1[nH]cnc1C(=O)NCC1CCN(C(=O)O)CC1. The highest BCUT2D eigenvalue weighted by atomic mass is 16.4. The van der Waals surface area contributed by atoms with Gasteiger partial charge in [0, 0.05) is 25.3 Å². The minimum atomic E-state index is -0.866. The molecule has 2 heterocycles. The van der Waals surface area contributed by atoms with Crippen LogP contribution in [0.3, 0.4) is 0 Å². The molecular formula is C12H18N4O3. The first-order valence-electron chi connectivity index (χ1n) is 6.34. The minimum absolute atomic E-state index is 0.181. The summed E-state index contributed by atoms with van der Waals surface area (Å²) in [7, 11) is 0. The first-order valence-corrected chi connectivity index (χ1v) is 6.34. The normalized spacial score (nSPS) is 16.4. The molecule has 0 unspecified atom stereocenters. The van der Waals surface area contributed by atoms with Crippen LogP contribution in [0.15, 0.2) is 6.33 Å². The van der Waals surface area contributed by atoms with Crippen LogP contribution in [0.25, 0.3) is 0 Å². The van der Waals surface area contributed by atoms with E-state index in [1.165, 1.54) is 11.2 Å². The van der Waals surface area contributed by atoms with Crippen LogP contribution in [0, 0.1) is 12.8 Å². The third kappa shape index (κ3) is 3.24. The molecule has 19 heavy (non-hydrogen) atoms. The second kappa shape index (κ2) is 5.73. The van der Waals surface area contributed by atoms with E-state index in [1.54, 1.807) is 6.92 Å². The summed E-state index contributed by atoms with van der Waals surface area (Å²) >= 11 is 0. The molecule has 0 saturated carbocycles. The van der Waals surface area contributed by atoms with Crippen molar-refractivity contribution in [3.05, 3.63) is 17.7 Å². The van der Waals surface area contributed by atoms with Gasteiger partial charge in [-0.1, -0.05) is 0 Å². The molecule has 1 aliphatic heterocycles. The topological polar surface area (TPSA) is 98.3 Å². The number of hydrogen-bond donors (Lipinski definition) is 3. The van der Waals surface area contributed by atoms with Crippen molar-refractivity contribution in [3.63, 3.8) is 0 Å². The number of aromatic amines is 1. The van der Waals surface area contributed by atoms with E-state index in [-0.39, 0.29) is 5.91 Å². The van der Waals surface area contributed by atoms with Crippen molar-refractivity contribution in [1.29, 1.82) is 0 Å². The summed E-state index contributed by atoms with van der Waals surface area (Å²) < 4.78 is 0. The summed E-state index contributed by atoms with van der Waals surface area (Å²) in [5.74, 6) is 0.151. The second-order valence-corrected chi connectivity index (χ2v) is 4.80. The molecule has 0 aliphatic carbocycles. The Kier molecular flexibility index (Phi) is 4.03. The Labute approximate surface area is 111 Å². The Bertz CT molecular complexity index is 463. The predicted molar refractivity (Wildman–Crippen MR) is 68.0 cm³/mol. The first kappa shape index (κ1) is 13.4. The number of carboxylic acid groups (broad SMARTS) is 1. The van der Waals surface area contributed by atoms with E-state index in [4.69, 9.17) is 5.11 Å². The van der Waals surface area contributed by atoms with E-state index in [0.717, 1.165) is 18.5 Å². The minimum Gasteiger partial charge on any atom is -0.465 e. The van der Waals surface area contributed by atoms with E-state index < -0.39 is 6.09 Å². The number of amides is 2. The lowest BCUT2D eigenvalue weighted by atomic mass is 9.97. The van der Waals surface area contributed by atoms with E-state index in [1.807, 2.05) is 0 Å². The van der Waals surface area contributed by atoms with Gasteiger partial charge in [-0.3, -0.25) is 4.79 Å². The van der Waals surface area contributed by atoms with Gasteiger partial charge in [-0.25, -0.2) is 9.78 Å². The quantitative estimate of drug-likeness (QED) is 0.755. The van der Waals surface area contributed by atoms with Gasteiger partial charge in [-0.15, -0.1) is 0 Å². The highest BCUT2D eigenvalue weighted by Gasteiger charge is 2.23. The number of carbonyl (C=O) groups is 2. The maximum atomic E-state index is 11.8. The molecule has 1 aromatic heterocycles. The number of carbonyl (C=O) groups excluding carboxylic acids is 1. The van der Waals surface area contributed by atoms with Crippen LogP contribution in [0.2, 0.25) is 0 Å². The molecule has 2 amide bonds.